The van der Waals surface area contributed by atoms with E-state index in [2.05, 4.69) is 4.72 Å². The number of nitrogens with zero attached hydrogens (tertiary/aromatic N) is 1. The van der Waals surface area contributed by atoms with Crippen molar-refractivity contribution >= 4 is 15.9 Å². The number of hydrogen-bond acceptors (Lipinski definition) is 5. The maximum absolute atomic E-state index is 13.1. The maximum Gasteiger partial charge on any atom is 0.241 e. The van der Waals surface area contributed by atoms with Crippen molar-refractivity contribution in [2.24, 2.45) is 5.92 Å². The highest BCUT2D eigenvalue weighted by Crippen LogP contribution is 2.21. The van der Waals surface area contributed by atoms with E-state index in [0.29, 0.717) is 24.5 Å². The van der Waals surface area contributed by atoms with Crippen molar-refractivity contribution < 1.29 is 22.7 Å². The molecule has 0 saturated carbocycles. The summed E-state index contributed by atoms with van der Waals surface area (Å²) in [6, 6.07) is 12.6. The number of carbonyl (C=O) groups excluding carboxylic acids is 1. The first-order chi connectivity index (χ1) is 14.2. The normalized spacial score (nSPS) is 12.5. The van der Waals surface area contributed by atoms with Crippen LogP contribution in [0.4, 0.5) is 0 Å². The number of ether oxygens (including phenoxy) is 2. The minimum atomic E-state index is -3.87. The number of likely N-dealkylation sites (N-methyl/N-ethyl adjacent to an activating group) is 1. The van der Waals surface area contributed by atoms with Crippen molar-refractivity contribution in [3.63, 3.8) is 0 Å². The van der Waals surface area contributed by atoms with E-state index in [4.69, 9.17) is 9.47 Å². The summed E-state index contributed by atoms with van der Waals surface area (Å²) >= 11 is 0. The lowest BCUT2D eigenvalue weighted by Gasteiger charge is -2.26. The van der Waals surface area contributed by atoms with Gasteiger partial charge in [0.05, 0.1) is 19.1 Å². The van der Waals surface area contributed by atoms with Crippen LogP contribution in [0.5, 0.6) is 11.5 Å². The molecule has 0 saturated heterocycles. The van der Waals surface area contributed by atoms with Crippen LogP contribution in [0.2, 0.25) is 0 Å². The number of benzene rings is 2. The zero-order chi connectivity index (χ0) is 22.3. The van der Waals surface area contributed by atoms with Gasteiger partial charge in [-0.3, -0.25) is 4.79 Å². The third-order valence-corrected chi connectivity index (χ3v) is 6.14. The lowest BCUT2D eigenvalue weighted by atomic mass is 10.0. The summed E-state index contributed by atoms with van der Waals surface area (Å²) in [5, 5.41) is 0. The second-order valence-electron chi connectivity index (χ2n) is 7.49. The van der Waals surface area contributed by atoms with Crippen LogP contribution in [-0.4, -0.2) is 46.5 Å². The number of carbonyl (C=O) groups is 1. The average molecular weight is 435 g/mol. The van der Waals surface area contributed by atoms with E-state index in [1.807, 2.05) is 38.1 Å². The molecule has 0 aromatic heterocycles. The van der Waals surface area contributed by atoms with E-state index < -0.39 is 16.1 Å². The lowest BCUT2D eigenvalue weighted by Crippen LogP contribution is -2.47. The van der Waals surface area contributed by atoms with Crippen LogP contribution in [0.15, 0.2) is 53.4 Å². The molecule has 1 amide bonds. The van der Waals surface area contributed by atoms with Crippen LogP contribution in [-0.2, 0) is 21.4 Å². The SMILES string of the molecule is COc1ccc(S(=O)(=O)NC(CC(C)C)C(=O)N(C)Cc2ccccc2OC)cc1. The predicted molar refractivity (Wildman–Crippen MR) is 116 cm³/mol. The molecule has 1 atom stereocenters. The Morgan fingerprint density at radius 1 is 1.03 bits per heavy atom. The zero-order valence-corrected chi connectivity index (χ0v) is 18.9. The molecule has 0 bridgehead atoms. The molecule has 0 aliphatic carbocycles. The van der Waals surface area contributed by atoms with Gasteiger partial charge in [-0.05, 0) is 42.7 Å². The minimum absolute atomic E-state index is 0.0808. The van der Waals surface area contributed by atoms with Crippen LogP contribution < -0.4 is 14.2 Å². The lowest BCUT2D eigenvalue weighted by molar-refractivity contribution is -0.132. The van der Waals surface area contributed by atoms with Crippen LogP contribution >= 0.6 is 0 Å². The van der Waals surface area contributed by atoms with Crippen molar-refractivity contribution in [3.05, 3.63) is 54.1 Å². The van der Waals surface area contributed by atoms with Crippen molar-refractivity contribution in [3.8, 4) is 11.5 Å². The van der Waals surface area contributed by atoms with Crippen LogP contribution in [0, 0.1) is 5.92 Å². The number of para-hydroxylation sites is 1. The molecule has 1 N–H and O–H groups in total. The van der Waals surface area contributed by atoms with Gasteiger partial charge in [-0.2, -0.15) is 4.72 Å². The Balaban J connectivity index is 2.21. The van der Waals surface area contributed by atoms with Gasteiger partial charge in [0, 0.05) is 19.2 Å². The molecule has 8 heteroatoms. The van der Waals surface area contributed by atoms with Gasteiger partial charge < -0.3 is 14.4 Å². The molecular weight excluding hydrogens is 404 g/mol. The van der Waals surface area contributed by atoms with Gasteiger partial charge in [0.25, 0.3) is 0 Å². The highest BCUT2D eigenvalue weighted by molar-refractivity contribution is 7.89. The van der Waals surface area contributed by atoms with Crippen molar-refractivity contribution in [1.82, 2.24) is 9.62 Å². The number of nitrogens with one attached hydrogen (secondary N) is 1. The van der Waals surface area contributed by atoms with E-state index in [-0.39, 0.29) is 16.7 Å². The first-order valence-electron chi connectivity index (χ1n) is 9.71. The largest absolute Gasteiger partial charge is 0.497 e. The Hall–Kier alpha value is -2.58. The molecule has 2 aromatic rings. The molecule has 2 aromatic carbocycles. The summed E-state index contributed by atoms with van der Waals surface area (Å²) < 4.78 is 38.7. The molecular formula is C22H30N2O5S. The third kappa shape index (κ3) is 6.21. The number of rotatable bonds is 10. The Labute approximate surface area is 179 Å². The quantitative estimate of drug-likeness (QED) is 0.621. The fourth-order valence-corrected chi connectivity index (χ4v) is 4.32. The first-order valence-corrected chi connectivity index (χ1v) is 11.2. The molecule has 0 aliphatic rings. The molecule has 7 nitrogen and oxygen atoms in total. The molecule has 0 heterocycles. The summed E-state index contributed by atoms with van der Waals surface area (Å²) in [4.78, 5) is 14.7. The van der Waals surface area contributed by atoms with Crippen LogP contribution in [0.25, 0.3) is 0 Å². The summed E-state index contributed by atoms with van der Waals surface area (Å²) in [6.45, 7) is 4.20. The second-order valence-corrected chi connectivity index (χ2v) is 9.20. The van der Waals surface area contributed by atoms with Crippen LogP contribution in [0.1, 0.15) is 25.8 Å². The van der Waals surface area contributed by atoms with Crippen molar-refractivity contribution in [2.75, 3.05) is 21.3 Å². The summed E-state index contributed by atoms with van der Waals surface area (Å²) in [6.07, 6.45) is 0.379. The molecule has 30 heavy (non-hydrogen) atoms. The van der Waals surface area contributed by atoms with Gasteiger partial charge in [0.1, 0.15) is 17.5 Å². The Morgan fingerprint density at radius 2 is 1.67 bits per heavy atom. The Morgan fingerprint density at radius 3 is 2.23 bits per heavy atom. The van der Waals surface area contributed by atoms with Crippen molar-refractivity contribution in [1.29, 1.82) is 0 Å². The van der Waals surface area contributed by atoms with Gasteiger partial charge in [-0.25, -0.2) is 8.42 Å². The molecule has 0 radical (unpaired) electrons. The molecule has 0 fully saturated rings. The molecule has 0 aliphatic heterocycles. The van der Waals surface area contributed by atoms with E-state index in [1.54, 1.807) is 26.3 Å². The average Bonchev–Trinajstić information content (AvgIpc) is 2.72. The second kappa shape index (κ2) is 10.4. The zero-order valence-electron chi connectivity index (χ0n) is 18.1. The highest BCUT2D eigenvalue weighted by atomic mass is 32.2. The third-order valence-electron chi connectivity index (χ3n) is 4.65. The number of methoxy groups -OCH3 is 2. The topological polar surface area (TPSA) is 84.9 Å². The summed E-state index contributed by atoms with van der Waals surface area (Å²) in [5.41, 5.74) is 0.845. The number of hydrogen-bond donors (Lipinski definition) is 1. The number of sulfonamides is 1. The molecule has 2 rings (SSSR count). The fourth-order valence-electron chi connectivity index (χ4n) is 3.11. The maximum atomic E-state index is 13.1. The standard InChI is InChI=1S/C22H30N2O5S/c1-16(2)14-20(23-30(26,27)19-12-10-18(28-4)11-13-19)22(25)24(3)15-17-8-6-7-9-21(17)29-5/h6-13,16,20,23H,14-15H2,1-5H3. The molecule has 0 spiro atoms. The highest BCUT2D eigenvalue weighted by Gasteiger charge is 2.29. The monoisotopic (exact) mass is 434 g/mol. The van der Waals surface area contributed by atoms with E-state index in [1.165, 1.54) is 24.1 Å². The van der Waals surface area contributed by atoms with E-state index in [9.17, 15) is 13.2 Å². The minimum Gasteiger partial charge on any atom is -0.497 e. The number of amides is 1. The van der Waals surface area contributed by atoms with Gasteiger partial charge in [-0.15, -0.1) is 0 Å². The Kier molecular flexibility index (Phi) is 8.25. The van der Waals surface area contributed by atoms with Gasteiger partial charge in [0.15, 0.2) is 0 Å². The molecule has 164 valence electrons. The smallest absolute Gasteiger partial charge is 0.241 e. The van der Waals surface area contributed by atoms with Crippen molar-refractivity contribution in [2.45, 2.75) is 37.8 Å². The van der Waals surface area contributed by atoms with E-state index in [0.717, 1.165) is 5.56 Å². The first kappa shape index (κ1) is 23.7. The summed E-state index contributed by atoms with van der Waals surface area (Å²) in [5.74, 6) is 1.06. The fraction of sp³-hybridized carbons (Fsp3) is 0.409. The Bertz CT molecular complexity index is 942. The van der Waals surface area contributed by atoms with E-state index >= 15 is 0 Å². The van der Waals surface area contributed by atoms with Gasteiger partial charge in [-0.1, -0.05) is 32.0 Å². The van der Waals surface area contributed by atoms with Gasteiger partial charge >= 0.3 is 0 Å². The van der Waals surface area contributed by atoms with Gasteiger partial charge in [0.2, 0.25) is 15.9 Å². The molecule has 1 unspecified atom stereocenters. The summed E-state index contributed by atoms with van der Waals surface area (Å²) in [7, 11) is 0.870. The predicted octanol–water partition coefficient (Wildman–Crippen LogP) is 3.06. The van der Waals surface area contributed by atoms with Crippen LogP contribution in [0.3, 0.4) is 0 Å².